The van der Waals surface area contributed by atoms with Gasteiger partial charge in [0.05, 0.1) is 11.1 Å². The van der Waals surface area contributed by atoms with Crippen molar-refractivity contribution in [2.45, 2.75) is 37.6 Å². The summed E-state index contributed by atoms with van der Waals surface area (Å²) in [5.74, 6) is -2.18. The first kappa shape index (κ1) is 19.6. The van der Waals surface area contributed by atoms with E-state index >= 15 is 0 Å². The number of hydrogen-bond donors (Lipinski definition) is 3. The lowest BCUT2D eigenvalue weighted by molar-refractivity contribution is -0.0849. The van der Waals surface area contributed by atoms with E-state index in [2.05, 4.69) is 32.6 Å². The summed E-state index contributed by atoms with van der Waals surface area (Å²) in [6, 6.07) is 2.91. The van der Waals surface area contributed by atoms with Crippen LogP contribution < -0.4 is 0 Å². The molecule has 0 amide bonds. The number of rotatable bonds is 3. The van der Waals surface area contributed by atoms with Crippen LogP contribution in [0.4, 0.5) is 8.78 Å². The molecule has 148 valence electrons. The van der Waals surface area contributed by atoms with E-state index in [1.807, 2.05) is 6.92 Å². The van der Waals surface area contributed by atoms with Crippen LogP contribution in [0.3, 0.4) is 0 Å². The van der Waals surface area contributed by atoms with Crippen LogP contribution in [0.1, 0.15) is 23.6 Å². The number of aromatic nitrogens is 3. The monoisotopic (exact) mass is 503 g/mol. The lowest BCUT2D eigenvalue weighted by Crippen LogP contribution is -2.34. The normalized spacial score (nSPS) is 26.1. The third-order valence-corrected chi connectivity index (χ3v) is 5.72. The Hall–Kier alpha value is -1.73. The van der Waals surface area contributed by atoms with Gasteiger partial charge >= 0.3 is 0 Å². The first-order valence-corrected chi connectivity index (χ1v) is 9.49. The summed E-state index contributed by atoms with van der Waals surface area (Å²) in [4.78, 5) is 8.39. The van der Waals surface area contributed by atoms with Crippen molar-refractivity contribution >= 4 is 33.6 Å². The number of aryl methyl sites for hydroxylation is 1. The van der Waals surface area contributed by atoms with Gasteiger partial charge in [0.15, 0.2) is 17.9 Å². The maximum absolute atomic E-state index is 13.5. The fourth-order valence-corrected chi connectivity index (χ4v) is 4.37. The molecule has 1 saturated heterocycles. The first-order valence-electron chi connectivity index (χ1n) is 8.42. The van der Waals surface area contributed by atoms with Crippen LogP contribution in [0.2, 0.25) is 0 Å². The molecule has 0 aliphatic carbocycles. The standard InChI is InChI=1S/C18H16F2IN3O4/c1-7-12-11(21)5-24(17(12)23-6-22-7)18-15(27)14(26)16(28-18)13(25)8-2-3-9(19)10(20)4-8/h2-6,13-16,18,25-27H,1H3/t13-,14+,15-,16-,18-/m1/s1. The molecule has 0 spiro atoms. The van der Waals surface area contributed by atoms with E-state index in [0.717, 1.165) is 26.8 Å². The van der Waals surface area contributed by atoms with Gasteiger partial charge in [-0.2, -0.15) is 0 Å². The largest absolute Gasteiger partial charge is 0.387 e. The van der Waals surface area contributed by atoms with Gasteiger partial charge in [0.1, 0.15) is 36.4 Å². The van der Waals surface area contributed by atoms with E-state index in [4.69, 9.17) is 4.74 Å². The number of halogens is 3. The van der Waals surface area contributed by atoms with Crippen LogP contribution >= 0.6 is 22.6 Å². The van der Waals surface area contributed by atoms with Crippen LogP contribution in [0.15, 0.2) is 30.7 Å². The average Bonchev–Trinajstić information content (AvgIpc) is 3.15. The molecule has 1 fully saturated rings. The van der Waals surface area contributed by atoms with E-state index in [1.165, 1.54) is 12.4 Å². The molecule has 3 heterocycles. The SMILES string of the molecule is Cc1ncnc2c1c(I)cn2[C@@H]1O[C@H]([C@H](O)c2ccc(F)c(F)c2)[C@@H](O)[C@H]1O. The number of ether oxygens (including phenoxy) is 1. The smallest absolute Gasteiger partial charge is 0.164 e. The summed E-state index contributed by atoms with van der Waals surface area (Å²) >= 11 is 2.11. The van der Waals surface area contributed by atoms with Gasteiger partial charge in [-0.15, -0.1) is 0 Å². The Morgan fingerprint density at radius 2 is 1.93 bits per heavy atom. The first-order chi connectivity index (χ1) is 13.3. The summed E-state index contributed by atoms with van der Waals surface area (Å²) in [6.07, 6.45) is -3.47. The van der Waals surface area contributed by atoms with Crippen molar-refractivity contribution in [3.63, 3.8) is 0 Å². The molecular formula is C18H16F2IN3O4. The Morgan fingerprint density at radius 3 is 2.64 bits per heavy atom. The quantitative estimate of drug-likeness (QED) is 0.473. The minimum atomic E-state index is -1.47. The highest BCUT2D eigenvalue weighted by atomic mass is 127. The number of aliphatic hydroxyl groups is 3. The average molecular weight is 503 g/mol. The van der Waals surface area contributed by atoms with Crippen molar-refractivity contribution < 1.29 is 28.8 Å². The topological polar surface area (TPSA) is 101 Å². The predicted octanol–water partition coefficient (Wildman–Crippen LogP) is 1.98. The molecule has 5 atom stereocenters. The minimum Gasteiger partial charge on any atom is -0.387 e. The van der Waals surface area contributed by atoms with Crippen LogP contribution in [-0.2, 0) is 4.74 Å². The molecule has 3 aromatic rings. The number of fused-ring (bicyclic) bond motifs is 1. The zero-order chi connectivity index (χ0) is 20.2. The van der Waals surface area contributed by atoms with Gasteiger partial charge in [0.2, 0.25) is 0 Å². The van der Waals surface area contributed by atoms with Gasteiger partial charge in [0.25, 0.3) is 0 Å². The number of nitrogens with zero attached hydrogens (tertiary/aromatic N) is 3. The molecule has 4 rings (SSSR count). The number of benzene rings is 1. The van der Waals surface area contributed by atoms with Crippen LogP contribution in [0.5, 0.6) is 0 Å². The molecule has 2 aromatic heterocycles. The summed E-state index contributed by atoms with van der Waals surface area (Å²) in [6.45, 7) is 1.83. The van der Waals surface area contributed by atoms with E-state index in [0.29, 0.717) is 5.65 Å². The second-order valence-corrected chi connectivity index (χ2v) is 7.80. The molecule has 28 heavy (non-hydrogen) atoms. The second-order valence-electron chi connectivity index (χ2n) is 6.63. The molecule has 7 nitrogen and oxygen atoms in total. The molecule has 0 radical (unpaired) electrons. The molecule has 10 heteroatoms. The highest BCUT2D eigenvalue weighted by Gasteiger charge is 2.47. The van der Waals surface area contributed by atoms with Gasteiger partial charge < -0.3 is 24.6 Å². The lowest BCUT2D eigenvalue weighted by Gasteiger charge is -2.21. The van der Waals surface area contributed by atoms with Crippen molar-refractivity contribution in [3.8, 4) is 0 Å². The van der Waals surface area contributed by atoms with Crippen molar-refractivity contribution in [1.82, 2.24) is 14.5 Å². The van der Waals surface area contributed by atoms with E-state index < -0.39 is 42.3 Å². The molecule has 1 aromatic carbocycles. The Bertz CT molecular complexity index is 1050. The predicted molar refractivity (Wildman–Crippen MR) is 102 cm³/mol. The summed E-state index contributed by atoms with van der Waals surface area (Å²) in [7, 11) is 0. The number of aliphatic hydroxyl groups excluding tert-OH is 3. The van der Waals surface area contributed by atoms with E-state index in [1.54, 1.807) is 10.8 Å². The molecular weight excluding hydrogens is 487 g/mol. The van der Waals surface area contributed by atoms with Gasteiger partial charge in [-0.1, -0.05) is 6.07 Å². The van der Waals surface area contributed by atoms with E-state index in [9.17, 15) is 24.1 Å². The Morgan fingerprint density at radius 1 is 1.18 bits per heavy atom. The minimum absolute atomic E-state index is 0.0286. The fraction of sp³-hybridized carbons (Fsp3) is 0.333. The molecule has 3 N–H and O–H groups in total. The van der Waals surface area contributed by atoms with Gasteiger partial charge in [0, 0.05) is 9.77 Å². The lowest BCUT2D eigenvalue weighted by atomic mass is 9.99. The zero-order valence-corrected chi connectivity index (χ0v) is 16.7. The molecule has 1 aliphatic rings. The van der Waals surface area contributed by atoms with Crippen LogP contribution in [0.25, 0.3) is 11.0 Å². The summed E-state index contributed by atoms with van der Waals surface area (Å²) < 4.78 is 34.8. The van der Waals surface area contributed by atoms with Crippen LogP contribution in [0, 0.1) is 22.1 Å². The van der Waals surface area contributed by atoms with Crippen molar-refractivity contribution in [1.29, 1.82) is 0 Å². The molecule has 0 saturated carbocycles. The Kier molecular flexibility index (Phi) is 5.08. The molecule has 1 aliphatic heterocycles. The number of hydrogen-bond acceptors (Lipinski definition) is 6. The maximum atomic E-state index is 13.5. The highest BCUT2D eigenvalue weighted by molar-refractivity contribution is 14.1. The Balaban J connectivity index is 1.69. The molecule has 0 unspecified atom stereocenters. The third-order valence-electron chi connectivity index (χ3n) is 4.90. The third kappa shape index (κ3) is 3.08. The highest BCUT2D eigenvalue weighted by Crippen LogP contribution is 2.38. The Labute approximate surface area is 171 Å². The van der Waals surface area contributed by atoms with Gasteiger partial charge in [-0.25, -0.2) is 18.7 Å². The van der Waals surface area contributed by atoms with Gasteiger partial charge in [-0.05, 0) is 47.2 Å². The van der Waals surface area contributed by atoms with Crippen molar-refractivity contribution in [3.05, 3.63) is 57.2 Å². The second kappa shape index (κ2) is 7.26. The van der Waals surface area contributed by atoms with Gasteiger partial charge in [-0.3, -0.25) is 0 Å². The van der Waals surface area contributed by atoms with E-state index in [-0.39, 0.29) is 5.56 Å². The zero-order valence-electron chi connectivity index (χ0n) is 14.5. The van der Waals surface area contributed by atoms with Crippen LogP contribution in [-0.4, -0.2) is 48.2 Å². The fourth-order valence-electron chi connectivity index (χ4n) is 3.44. The van der Waals surface area contributed by atoms with Crippen molar-refractivity contribution in [2.24, 2.45) is 0 Å². The maximum Gasteiger partial charge on any atom is 0.164 e. The summed E-state index contributed by atoms with van der Waals surface area (Å²) in [5, 5.41) is 32.3. The summed E-state index contributed by atoms with van der Waals surface area (Å²) in [5.41, 5.74) is 1.29. The molecule has 0 bridgehead atoms. The van der Waals surface area contributed by atoms with Crippen molar-refractivity contribution in [2.75, 3.05) is 0 Å².